The molecule has 0 spiro atoms. The van der Waals surface area contributed by atoms with Gasteiger partial charge in [0.15, 0.2) is 0 Å². The second kappa shape index (κ2) is 5.38. The SMILES string of the molecule is CNc1ccncc1C(=O)N1CCCC1C(C)C. The third-order valence-electron chi connectivity index (χ3n) is 3.65. The number of hydrogen-bond acceptors (Lipinski definition) is 3. The van der Waals surface area contributed by atoms with Crippen molar-refractivity contribution < 1.29 is 4.79 Å². The molecular weight excluding hydrogens is 226 g/mol. The lowest BCUT2D eigenvalue weighted by Gasteiger charge is -2.28. The quantitative estimate of drug-likeness (QED) is 0.892. The number of nitrogens with zero attached hydrogens (tertiary/aromatic N) is 2. The van der Waals surface area contributed by atoms with Crippen molar-refractivity contribution in [2.75, 3.05) is 18.9 Å². The van der Waals surface area contributed by atoms with Crippen LogP contribution in [0.2, 0.25) is 0 Å². The third-order valence-corrected chi connectivity index (χ3v) is 3.65. The summed E-state index contributed by atoms with van der Waals surface area (Å²) >= 11 is 0. The van der Waals surface area contributed by atoms with Gasteiger partial charge in [0.2, 0.25) is 0 Å². The van der Waals surface area contributed by atoms with Gasteiger partial charge in [0.05, 0.1) is 5.56 Å². The van der Waals surface area contributed by atoms with Crippen molar-refractivity contribution in [3.63, 3.8) is 0 Å². The van der Waals surface area contributed by atoms with E-state index in [-0.39, 0.29) is 5.91 Å². The predicted molar refractivity (Wildman–Crippen MR) is 72.7 cm³/mol. The summed E-state index contributed by atoms with van der Waals surface area (Å²) in [4.78, 5) is 18.7. The topological polar surface area (TPSA) is 45.2 Å². The first-order valence-corrected chi connectivity index (χ1v) is 6.58. The molecule has 1 aliphatic heterocycles. The Morgan fingerprint density at radius 1 is 1.56 bits per heavy atom. The van der Waals surface area contributed by atoms with Crippen LogP contribution in [0.4, 0.5) is 5.69 Å². The minimum Gasteiger partial charge on any atom is -0.387 e. The molecule has 0 bridgehead atoms. The normalized spacial score (nSPS) is 19.3. The monoisotopic (exact) mass is 247 g/mol. The van der Waals surface area contributed by atoms with E-state index in [0.29, 0.717) is 17.5 Å². The van der Waals surface area contributed by atoms with Crippen LogP contribution in [0.25, 0.3) is 0 Å². The Morgan fingerprint density at radius 3 is 3.00 bits per heavy atom. The highest BCUT2D eigenvalue weighted by Gasteiger charge is 2.32. The lowest BCUT2D eigenvalue weighted by atomic mass is 10.0. The standard InChI is InChI=1S/C14H21N3O/c1-10(2)13-5-4-8-17(13)14(18)11-9-16-7-6-12(11)15-3/h6-7,9-10,13H,4-5,8H2,1-3H3,(H,15,16). The van der Waals surface area contributed by atoms with Crippen LogP contribution < -0.4 is 5.32 Å². The molecule has 0 aromatic carbocycles. The Bertz CT molecular complexity index is 431. The van der Waals surface area contributed by atoms with Gasteiger partial charge in [-0.05, 0) is 24.8 Å². The van der Waals surface area contributed by atoms with Crippen LogP contribution in [0, 0.1) is 5.92 Å². The summed E-state index contributed by atoms with van der Waals surface area (Å²) in [5.41, 5.74) is 1.52. The Balaban J connectivity index is 2.25. The summed E-state index contributed by atoms with van der Waals surface area (Å²) in [5.74, 6) is 0.606. The van der Waals surface area contributed by atoms with E-state index in [9.17, 15) is 4.79 Å². The van der Waals surface area contributed by atoms with Crippen molar-refractivity contribution >= 4 is 11.6 Å². The van der Waals surface area contributed by atoms with Gasteiger partial charge < -0.3 is 10.2 Å². The number of rotatable bonds is 3. The summed E-state index contributed by atoms with van der Waals surface area (Å²) in [6.07, 6.45) is 5.57. The van der Waals surface area contributed by atoms with Gasteiger partial charge in [0, 0.05) is 37.7 Å². The van der Waals surface area contributed by atoms with E-state index in [1.807, 2.05) is 18.0 Å². The summed E-state index contributed by atoms with van der Waals surface area (Å²) in [6.45, 7) is 5.22. The van der Waals surface area contributed by atoms with E-state index in [1.54, 1.807) is 12.4 Å². The Morgan fingerprint density at radius 2 is 2.33 bits per heavy atom. The van der Waals surface area contributed by atoms with E-state index in [1.165, 1.54) is 0 Å². The van der Waals surface area contributed by atoms with Gasteiger partial charge in [-0.25, -0.2) is 0 Å². The number of likely N-dealkylation sites (tertiary alicyclic amines) is 1. The Kier molecular flexibility index (Phi) is 3.84. The van der Waals surface area contributed by atoms with Crippen LogP contribution in [0.3, 0.4) is 0 Å². The van der Waals surface area contributed by atoms with Crippen LogP contribution in [0.15, 0.2) is 18.5 Å². The third kappa shape index (κ3) is 2.33. The average Bonchev–Trinajstić information content (AvgIpc) is 2.87. The van der Waals surface area contributed by atoms with Gasteiger partial charge in [0.1, 0.15) is 0 Å². The van der Waals surface area contributed by atoms with Gasteiger partial charge in [-0.3, -0.25) is 9.78 Å². The summed E-state index contributed by atoms with van der Waals surface area (Å²) in [7, 11) is 1.83. The van der Waals surface area contributed by atoms with Gasteiger partial charge in [0.25, 0.3) is 5.91 Å². The first kappa shape index (κ1) is 12.9. The summed E-state index contributed by atoms with van der Waals surface area (Å²) in [5, 5.41) is 3.06. The van der Waals surface area contributed by atoms with Crippen molar-refractivity contribution in [2.45, 2.75) is 32.7 Å². The smallest absolute Gasteiger partial charge is 0.257 e. The van der Waals surface area contributed by atoms with Crippen LogP contribution in [-0.2, 0) is 0 Å². The van der Waals surface area contributed by atoms with E-state index in [4.69, 9.17) is 0 Å². The van der Waals surface area contributed by atoms with E-state index < -0.39 is 0 Å². The van der Waals surface area contributed by atoms with Gasteiger partial charge >= 0.3 is 0 Å². The van der Waals surface area contributed by atoms with Crippen molar-refractivity contribution in [1.29, 1.82) is 0 Å². The minimum atomic E-state index is 0.101. The number of pyridine rings is 1. The lowest BCUT2D eigenvalue weighted by molar-refractivity contribution is 0.0702. The highest BCUT2D eigenvalue weighted by atomic mass is 16.2. The fourth-order valence-electron chi connectivity index (χ4n) is 2.68. The molecule has 4 nitrogen and oxygen atoms in total. The van der Waals surface area contributed by atoms with Gasteiger partial charge in [-0.1, -0.05) is 13.8 Å². The fourth-order valence-corrected chi connectivity index (χ4v) is 2.68. The molecule has 1 saturated heterocycles. The highest BCUT2D eigenvalue weighted by Crippen LogP contribution is 2.27. The summed E-state index contributed by atoms with van der Waals surface area (Å²) < 4.78 is 0. The van der Waals surface area contributed by atoms with E-state index in [0.717, 1.165) is 25.1 Å². The minimum absolute atomic E-state index is 0.101. The van der Waals surface area contributed by atoms with Crippen molar-refractivity contribution in [3.8, 4) is 0 Å². The molecule has 2 heterocycles. The molecule has 1 amide bonds. The number of hydrogen-bond donors (Lipinski definition) is 1. The molecule has 1 N–H and O–H groups in total. The molecule has 1 unspecified atom stereocenters. The first-order valence-electron chi connectivity index (χ1n) is 6.58. The predicted octanol–water partition coefficient (Wildman–Crippen LogP) is 2.38. The number of carbonyl (C=O) groups excluding carboxylic acids is 1. The molecule has 1 atom stereocenters. The second-order valence-electron chi connectivity index (χ2n) is 5.12. The van der Waals surface area contributed by atoms with Crippen molar-refractivity contribution in [1.82, 2.24) is 9.88 Å². The molecule has 2 rings (SSSR count). The molecule has 0 radical (unpaired) electrons. The average molecular weight is 247 g/mol. The number of aromatic nitrogens is 1. The molecule has 1 aliphatic rings. The van der Waals surface area contributed by atoms with Crippen molar-refractivity contribution in [3.05, 3.63) is 24.0 Å². The number of amides is 1. The molecule has 0 aliphatic carbocycles. The zero-order valence-corrected chi connectivity index (χ0v) is 11.3. The Hall–Kier alpha value is -1.58. The van der Waals surface area contributed by atoms with Crippen LogP contribution in [0.5, 0.6) is 0 Å². The number of anilines is 1. The van der Waals surface area contributed by atoms with E-state index in [2.05, 4.69) is 24.1 Å². The second-order valence-corrected chi connectivity index (χ2v) is 5.12. The van der Waals surface area contributed by atoms with Gasteiger partial charge in [-0.2, -0.15) is 0 Å². The number of carbonyl (C=O) groups is 1. The van der Waals surface area contributed by atoms with E-state index >= 15 is 0 Å². The highest BCUT2D eigenvalue weighted by molar-refractivity contribution is 5.99. The molecule has 1 aromatic heterocycles. The molecule has 4 heteroatoms. The molecular formula is C14H21N3O. The molecule has 18 heavy (non-hydrogen) atoms. The number of nitrogens with one attached hydrogen (secondary N) is 1. The fraction of sp³-hybridized carbons (Fsp3) is 0.571. The molecule has 0 saturated carbocycles. The largest absolute Gasteiger partial charge is 0.387 e. The maximum absolute atomic E-state index is 12.6. The van der Waals surface area contributed by atoms with Crippen LogP contribution in [0.1, 0.15) is 37.0 Å². The first-order chi connectivity index (χ1) is 8.65. The van der Waals surface area contributed by atoms with Crippen LogP contribution in [-0.4, -0.2) is 35.4 Å². The lowest BCUT2D eigenvalue weighted by Crippen LogP contribution is -2.38. The van der Waals surface area contributed by atoms with Crippen LogP contribution >= 0.6 is 0 Å². The zero-order chi connectivity index (χ0) is 13.1. The van der Waals surface area contributed by atoms with Crippen molar-refractivity contribution in [2.24, 2.45) is 5.92 Å². The maximum atomic E-state index is 12.6. The Labute approximate surface area is 108 Å². The molecule has 98 valence electrons. The molecule has 1 fully saturated rings. The zero-order valence-electron chi connectivity index (χ0n) is 11.3. The maximum Gasteiger partial charge on any atom is 0.257 e. The van der Waals surface area contributed by atoms with Gasteiger partial charge in [-0.15, -0.1) is 0 Å². The molecule has 1 aromatic rings. The summed E-state index contributed by atoms with van der Waals surface area (Å²) in [6, 6.07) is 2.20.